The quantitative estimate of drug-likeness (QED) is 0.0173. The molecule has 1 rings (SSSR count). The molecule has 0 bridgehead atoms. The molecule has 0 radical (unpaired) electrons. The average Bonchev–Trinajstić information content (AvgIpc) is 3.28. The molecule has 1 saturated heterocycles. The lowest BCUT2D eigenvalue weighted by Gasteiger charge is -2.41. The van der Waals surface area contributed by atoms with Gasteiger partial charge in [-0.25, -0.2) is 4.18 Å². The summed E-state index contributed by atoms with van der Waals surface area (Å²) in [5.41, 5.74) is 0. The van der Waals surface area contributed by atoms with Gasteiger partial charge in [0.15, 0.2) is 6.29 Å². The van der Waals surface area contributed by atoms with Crippen LogP contribution in [0.5, 0.6) is 0 Å². The van der Waals surface area contributed by atoms with E-state index in [9.17, 15) is 43.3 Å². The summed E-state index contributed by atoms with van der Waals surface area (Å²) >= 11 is 0. The number of ether oxygens (including phenoxy) is 2. The number of carbonyl (C=O) groups is 1. The van der Waals surface area contributed by atoms with Crippen molar-refractivity contribution >= 4 is 16.3 Å². The minimum absolute atomic E-state index is 0.219. The number of carbonyl (C=O) groups excluding carboxylic acids is 1. The Morgan fingerprint density at radius 2 is 1.08 bits per heavy atom. The maximum Gasteiger partial charge on any atom is 0.397 e. The summed E-state index contributed by atoms with van der Waals surface area (Å²) in [6.07, 6.45) is 40.1. The number of nitrogens with one attached hydrogen (secondary N) is 1. The normalized spacial score (nSPS) is 21.1. The first-order chi connectivity index (χ1) is 31.4. The van der Waals surface area contributed by atoms with Crippen molar-refractivity contribution in [2.45, 2.75) is 243 Å². The Morgan fingerprint density at radius 1 is 0.631 bits per heavy atom. The number of aliphatic hydroxyl groups is 5. The molecule has 1 heterocycles. The minimum Gasteiger partial charge on any atom is -0.394 e. The van der Waals surface area contributed by atoms with Gasteiger partial charge < -0.3 is 40.3 Å². The standard InChI is InChI=1S/C51H91NO12S/c1-3-5-7-9-11-13-15-17-19-21-22-23-24-26-27-29-31-33-35-37-39-44(54)43(42-62-51-48(57)49(64-65(59,60)61)47(56)46(41-53)63-51)52-50(58)45(55)40-38-36-34-32-30-28-25-20-18-16-14-12-10-8-6-4-2/h12,14,18,20,23-24,29,31,37,39,43-49,51,53-57H,3-11,13,15-17,19,21-22,25-28,30,32-36,38,40-42H2,1-2H3,(H,52,58)(H,59,60,61)/b14-12-,20-18-,24-23+,31-29+,39-37+. The lowest BCUT2D eigenvalue weighted by Crippen LogP contribution is -2.61. The molecule has 1 fully saturated rings. The molecular weight excluding hydrogens is 851 g/mol. The maximum absolute atomic E-state index is 13.1. The fraction of sp³-hybridized carbons (Fsp3) is 0.784. The van der Waals surface area contributed by atoms with E-state index in [4.69, 9.17) is 9.47 Å². The second-order valence-corrected chi connectivity index (χ2v) is 18.6. The van der Waals surface area contributed by atoms with Crippen LogP contribution in [0.2, 0.25) is 0 Å². The van der Waals surface area contributed by atoms with Crippen molar-refractivity contribution in [1.29, 1.82) is 0 Å². The number of allylic oxidation sites excluding steroid dienone is 9. The molecule has 13 nitrogen and oxygen atoms in total. The number of aliphatic hydroxyl groups excluding tert-OH is 5. The van der Waals surface area contributed by atoms with Crippen molar-refractivity contribution in [3.8, 4) is 0 Å². The number of hydrogen-bond acceptors (Lipinski definition) is 11. The van der Waals surface area contributed by atoms with E-state index in [1.807, 2.05) is 0 Å². The predicted octanol–water partition coefficient (Wildman–Crippen LogP) is 9.58. The fourth-order valence-corrected chi connectivity index (χ4v) is 8.09. The van der Waals surface area contributed by atoms with E-state index >= 15 is 0 Å². The van der Waals surface area contributed by atoms with Gasteiger partial charge in [-0.2, -0.15) is 8.42 Å². The van der Waals surface area contributed by atoms with Crippen LogP contribution in [-0.4, -0.2) is 107 Å². The third-order valence-electron chi connectivity index (χ3n) is 11.6. The summed E-state index contributed by atoms with van der Waals surface area (Å²) in [4.78, 5) is 13.1. The van der Waals surface area contributed by atoms with Crippen molar-refractivity contribution in [2.75, 3.05) is 13.2 Å². The topological polar surface area (TPSA) is 212 Å². The maximum atomic E-state index is 13.1. The Kier molecular flexibility index (Phi) is 38.1. The highest BCUT2D eigenvalue weighted by atomic mass is 32.3. The average molecular weight is 942 g/mol. The summed E-state index contributed by atoms with van der Waals surface area (Å²) in [5.74, 6) is -0.726. The van der Waals surface area contributed by atoms with Gasteiger partial charge in [0.25, 0.3) is 0 Å². The third kappa shape index (κ3) is 33.0. The minimum atomic E-state index is -5.13. The highest BCUT2D eigenvalue weighted by Crippen LogP contribution is 2.26. The molecule has 0 aromatic rings. The Labute approximate surface area is 393 Å². The van der Waals surface area contributed by atoms with Gasteiger partial charge in [-0.15, -0.1) is 0 Å². The molecule has 7 N–H and O–H groups in total. The zero-order chi connectivity index (χ0) is 47.8. The van der Waals surface area contributed by atoms with Gasteiger partial charge in [0.2, 0.25) is 5.91 Å². The molecule has 8 atom stereocenters. The Morgan fingerprint density at radius 3 is 1.60 bits per heavy atom. The van der Waals surface area contributed by atoms with E-state index in [1.165, 1.54) is 89.5 Å². The van der Waals surface area contributed by atoms with Crippen molar-refractivity contribution in [2.24, 2.45) is 0 Å². The SMILES string of the molecule is CCCCC/C=C\C/C=C\CCCCCCCCC(O)C(=O)NC(COC1OC(CO)C(O)C(OS(=O)(=O)O)C1O)C(O)/C=C/CC/C=C/CC/C=C/CCCCCCCCCCCC. The van der Waals surface area contributed by atoms with Crippen LogP contribution < -0.4 is 5.32 Å². The zero-order valence-corrected chi connectivity index (χ0v) is 41.0. The van der Waals surface area contributed by atoms with Crippen LogP contribution in [0.1, 0.15) is 194 Å². The van der Waals surface area contributed by atoms with E-state index in [0.717, 1.165) is 77.0 Å². The fourth-order valence-electron chi connectivity index (χ4n) is 7.58. The van der Waals surface area contributed by atoms with Gasteiger partial charge >= 0.3 is 10.4 Å². The first kappa shape index (κ1) is 60.8. The summed E-state index contributed by atoms with van der Waals surface area (Å²) in [7, 11) is -5.13. The predicted molar refractivity (Wildman–Crippen MR) is 260 cm³/mol. The molecule has 0 aliphatic carbocycles. The van der Waals surface area contributed by atoms with Gasteiger partial charge in [0, 0.05) is 0 Å². The summed E-state index contributed by atoms with van der Waals surface area (Å²) in [6.45, 7) is 3.17. The van der Waals surface area contributed by atoms with Crippen LogP contribution in [0.4, 0.5) is 0 Å². The van der Waals surface area contributed by atoms with Gasteiger partial charge in [-0.05, 0) is 77.0 Å². The molecule has 0 spiro atoms. The highest BCUT2D eigenvalue weighted by molar-refractivity contribution is 7.80. The molecule has 0 saturated carbocycles. The first-order valence-corrected chi connectivity index (χ1v) is 26.6. The molecule has 8 unspecified atom stereocenters. The van der Waals surface area contributed by atoms with Crippen LogP contribution in [-0.2, 0) is 28.9 Å². The van der Waals surface area contributed by atoms with Crippen molar-refractivity contribution in [3.05, 3.63) is 60.8 Å². The monoisotopic (exact) mass is 942 g/mol. The Bertz CT molecular complexity index is 1400. The molecule has 0 aromatic carbocycles. The zero-order valence-electron chi connectivity index (χ0n) is 40.1. The Hall–Kier alpha value is -2.24. The van der Waals surface area contributed by atoms with Crippen LogP contribution in [0.15, 0.2) is 60.8 Å². The number of unbranched alkanes of at least 4 members (excludes halogenated alkanes) is 21. The third-order valence-corrected chi connectivity index (χ3v) is 12.1. The van der Waals surface area contributed by atoms with Crippen molar-refractivity contribution in [3.63, 3.8) is 0 Å². The molecule has 65 heavy (non-hydrogen) atoms. The lowest BCUT2D eigenvalue weighted by atomic mass is 9.99. The highest BCUT2D eigenvalue weighted by Gasteiger charge is 2.48. The summed E-state index contributed by atoms with van der Waals surface area (Å²) in [5, 5.41) is 55.3. The second kappa shape index (κ2) is 40.8. The summed E-state index contributed by atoms with van der Waals surface area (Å²) in [6, 6.07) is -1.15. The van der Waals surface area contributed by atoms with Crippen molar-refractivity contribution in [1.82, 2.24) is 5.32 Å². The van der Waals surface area contributed by atoms with Crippen molar-refractivity contribution < 1.29 is 57.0 Å². The molecule has 0 aromatic heterocycles. The second-order valence-electron chi connectivity index (χ2n) is 17.5. The smallest absolute Gasteiger partial charge is 0.394 e. The number of amides is 1. The van der Waals surface area contributed by atoms with E-state index in [0.29, 0.717) is 12.8 Å². The van der Waals surface area contributed by atoms with Gasteiger partial charge in [0.05, 0.1) is 25.4 Å². The summed E-state index contributed by atoms with van der Waals surface area (Å²) < 4.78 is 47.6. The van der Waals surface area contributed by atoms with E-state index in [1.54, 1.807) is 6.08 Å². The van der Waals surface area contributed by atoms with Crippen LogP contribution in [0, 0.1) is 0 Å². The van der Waals surface area contributed by atoms with Gasteiger partial charge in [-0.1, -0.05) is 177 Å². The molecule has 14 heteroatoms. The van der Waals surface area contributed by atoms with E-state index in [-0.39, 0.29) is 6.42 Å². The van der Waals surface area contributed by atoms with E-state index in [2.05, 4.69) is 72.0 Å². The Balaban J connectivity index is 2.59. The van der Waals surface area contributed by atoms with Crippen LogP contribution in [0.3, 0.4) is 0 Å². The number of hydrogen-bond donors (Lipinski definition) is 7. The van der Waals surface area contributed by atoms with E-state index < -0.39 is 78.5 Å². The first-order valence-electron chi connectivity index (χ1n) is 25.3. The largest absolute Gasteiger partial charge is 0.397 e. The molecule has 1 aliphatic heterocycles. The molecule has 1 amide bonds. The molecule has 378 valence electrons. The molecular formula is C51H91NO12S. The van der Waals surface area contributed by atoms with Crippen LogP contribution >= 0.6 is 0 Å². The lowest BCUT2D eigenvalue weighted by molar-refractivity contribution is -0.298. The number of rotatable bonds is 42. The van der Waals surface area contributed by atoms with Crippen LogP contribution in [0.25, 0.3) is 0 Å². The van der Waals surface area contributed by atoms with Gasteiger partial charge in [0.1, 0.15) is 30.5 Å². The van der Waals surface area contributed by atoms with Gasteiger partial charge in [-0.3, -0.25) is 9.35 Å². The molecule has 1 aliphatic rings.